The molecule has 9 nitrogen and oxygen atoms in total. The Morgan fingerprint density at radius 1 is 1.23 bits per heavy atom. The maximum absolute atomic E-state index is 9.98. The van der Waals surface area contributed by atoms with E-state index in [2.05, 4.69) is 22.7 Å². The van der Waals surface area contributed by atoms with Crippen molar-refractivity contribution in [2.45, 2.75) is 58.3 Å². The molecule has 1 saturated carbocycles. The Hall–Kier alpha value is -3.01. The summed E-state index contributed by atoms with van der Waals surface area (Å²) in [6.45, 7) is 8.60. The first-order valence-corrected chi connectivity index (χ1v) is 11.9. The molecule has 0 bridgehead atoms. The molecule has 0 aliphatic heterocycles. The molecule has 1 aliphatic carbocycles. The van der Waals surface area contributed by atoms with Crippen LogP contribution in [0.15, 0.2) is 28.8 Å². The zero-order valence-electron chi connectivity index (χ0n) is 21.3. The van der Waals surface area contributed by atoms with E-state index in [0.717, 1.165) is 46.7 Å². The number of hydrogen-bond donors (Lipinski definition) is 3. The van der Waals surface area contributed by atoms with Gasteiger partial charge in [0, 0.05) is 30.8 Å². The van der Waals surface area contributed by atoms with Crippen molar-refractivity contribution in [2.24, 2.45) is 0 Å². The molecule has 0 radical (unpaired) electrons. The number of nitrogens with one attached hydrogen (secondary N) is 2. The van der Waals surface area contributed by atoms with Gasteiger partial charge in [-0.05, 0) is 59.7 Å². The van der Waals surface area contributed by atoms with Gasteiger partial charge in [0.25, 0.3) is 0 Å². The van der Waals surface area contributed by atoms with Crippen molar-refractivity contribution >= 4 is 5.82 Å². The summed E-state index contributed by atoms with van der Waals surface area (Å²) in [6, 6.07) is 7.87. The molecule has 35 heavy (non-hydrogen) atoms. The van der Waals surface area contributed by atoms with E-state index in [4.69, 9.17) is 24.0 Å². The van der Waals surface area contributed by atoms with Crippen LogP contribution < -0.4 is 15.4 Å². The molecule has 2 heterocycles. The molecule has 0 saturated heterocycles. The Morgan fingerprint density at radius 2 is 2.00 bits per heavy atom. The quantitative estimate of drug-likeness (QED) is 0.399. The second-order valence-electron chi connectivity index (χ2n) is 9.52. The molecule has 1 atom stereocenters. The van der Waals surface area contributed by atoms with E-state index in [1.54, 1.807) is 14.2 Å². The monoisotopic (exact) mass is 481 g/mol. The zero-order chi connectivity index (χ0) is 25.2. The molecule has 4 rings (SSSR count). The summed E-state index contributed by atoms with van der Waals surface area (Å²) >= 11 is 0. The Balaban J connectivity index is 1.69. The van der Waals surface area contributed by atoms with E-state index in [0.29, 0.717) is 23.9 Å². The second kappa shape index (κ2) is 10.3. The number of ether oxygens (including phenoxy) is 2. The molecular formula is C26H35N5O4. The molecular weight excluding hydrogens is 446 g/mol. The molecule has 2 aromatic heterocycles. The number of rotatable bonds is 10. The van der Waals surface area contributed by atoms with Crippen molar-refractivity contribution in [2.75, 3.05) is 32.6 Å². The highest BCUT2D eigenvalue weighted by Crippen LogP contribution is 2.39. The van der Waals surface area contributed by atoms with Gasteiger partial charge in [-0.15, -0.1) is 0 Å². The lowest BCUT2D eigenvalue weighted by Crippen LogP contribution is -2.49. The third kappa shape index (κ3) is 5.47. The van der Waals surface area contributed by atoms with Crippen LogP contribution in [0.1, 0.15) is 36.8 Å². The predicted molar refractivity (Wildman–Crippen MR) is 135 cm³/mol. The smallest absolute Gasteiger partial charge is 0.162 e. The number of likely N-dealkylation sites (N-methyl/N-ethyl adjacent to an activating group) is 1. The van der Waals surface area contributed by atoms with Gasteiger partial charge in [0.15, 0.2) is 5.82 Å². The van der Waals surface area contributed by atoms with E-state index in [1.807, 2.05) is 45.0 Å². The Bertz CT molecular complexity index is 1150. The Morgan fingerprint density at radius 3 is 2.66 bits per heavy atom. The highest BCUT2D eigenvalue weighted by atomic mass is 16.5. The largest absolute Gasteiger partial charge is 0.491 e. The minimum absolute atomic E-state index is 0.102. The van der Waals surface area contributed by atoms with Crippen molar-refractivity contribution in [3.63, 3.8) is 0 Å². The fourth-order valence-corrected chi connectivity index (χ4v) is 4.51. The third-order valence-electron chi connectivity index (χ3n) is 6.58. The predicted octanol–water partition coefficient (Wildman–Crippen LogP) is 3.66. The summed E-state index contributed by atoms with van der Waals surface area (Å²) in [4.78, 5) is 9.84. The number of nitrogens with zero attached hydrogens (tertiary/aromatic N) is 3. The number of methoxy groups -OCH3 is 1. The van der Waals surface area contributed by atoms with Crippen LogP contribution in [-0.4, -0.2) is 65.3 Å². The Labute approximate surface area is 206 Å². The average Bonchev–Trinajstić information content (AvgIpc) is 3.16. The number of benzene rings is 1. The summed E-state index contributed by atoms with van der Waals surface area (Å²) in [5, 5.41) is 20.7. The molecule has 1 fully saturated rings. The SMILES string of the molecule is CNCC(O)COc1cccc(-c2nc(N[C@H]3C[C@@](C)(OC)C3)c(C)c(-c3c(C)noc3C)n2)c1. The molecule has 0 spiro atoms. The van der Waals surface area contributed by atoms with Gasteiger partial charge in [0.05, 0.1) is 22.6 Å². The van der Waals surface area contributed by atoms with Crippen LogP contribution in [0.5, 0.6) is 5.75 Å². The van der Waals surface area contributed by atoms with E-state index in [1.165, 1.54) is 0 Å². The maximum atomic E-state index is 9.98. The number of aromatic nitrogens is 3. The first-order valence-electron chi connectivity index (χ1n) is 11.9. The van der Waals surface area contributed by atoms with Gasteiger partial charge in [-0.3, -0.25) is 0 Å². The van der Waals surface area contributed by atoms with Crippen molar-refractivity contribution in [1.82, 2.24) is 20.4 Å². The van der Waals surface area contributed by atoms with Crippen molar-refractivity contribution in [1.29, 1.82) is 0 Å². The number of hydrogen-bond acceptors (Lipinski definition) is 9. The van der Waals surface area contributed by atoms with E-state index in [9.17, 15) is 5.11 Å². The molecule has 1 aliphatic rings. The summed E-state index contributed by atoms with van der Waals surface area (Å²) in [5.41, 5.74) is 4.11. The highest BCUT2D eigenvalue weighted by Gasteiger charge is 2.41. The summed E-state index contributed by atoms with van der Waals surface area (Å²) in [5.74, 6) is 2.71. The fourth-order valence-electron chi connectivity index (χ4n) is 4.51. The van der Waals surface area contributed by atoms with E-state index < -0.39 is 6.10 Å². The minimum atomic E-state index is -0.596. The van der Waals surface area contributed by atoms with E-state index in [-0.39, 0.29) is 18.2 Å². The fraction of sp³-hybridized carbons (Fsp3) is 0.500. The molecule has 3 aromatic rings. The molecule has 0 amide bonds. The first-order chi connectivity index (χ1) is 16.7. The molecule has 9 heteroatoms. The van der Waals surface area contributed by atoms with Gasteiger partial charge in [0.1, 0.15) is 30.0 Å². The number of aliphatic hydroxyl groups excluding tert-OH is 1. The average molecular weight is 482 g/mol. The second-order valence-corrected chi connectivity index (χ2v) is 9.52. The first kappa shape index (κ1) is 25.1. The summed E-state index contributed by atoms with van der Waals surface area (Å²) < 4.78 is 16.9. The van der Waals surface area contributed by atoms with Crippen LogP contribution in [0.2, 0.25) is 0 Å². The molecule has 188 valence electrons. The summed E-state index contributed by atoms with van der Waals surface area (Å²) in [7, 11) is 3.55. The van der Waals surface area contributed by atoms with Gasteiger partial charge < -0.3 is 29.7 Å². The topological polar surface area (TPSA) is 115 Å². The lowest BCUT2D eigenvalue weighted by atomic mass is 9.77. The number of anilines is 1. The number of aryl methyl sites for hydroxylation is 2. The van der Waals surface area contributed by atoms with Gasteiger partial charge in [-0.25, -0.2) is 9.97 Å². The van der Waals surface area contributed by atoms with E-state index >= 15 is 0 Å². The lowest BCUT2D eigenvalue weighted by molar-refractivity contribution is -0.0625. The Kier molecular flexibility index (Phi) is 7.39. The maximum Gasteiger partial charge on any atom is 0.162 e. The van der Waals surface area contributed by atoms with Gasteiger partial charge >= 0.3 is 0 Å². The molecule has 1 unspecified atom stereocenters. The normalized spacial score (nSPS) is 20.4. The number of aliphatic hydroxyl groups is 1. The summed E-state index contributed by atoms with van der Waals surface area (Å²) in [6.07, 6.45) is 1.21. The van der Waals surface area contributed by atoms with Crippen LogP contribution >= 0.6 is 0 Å². The van der Waals surface area contributed by atoms with Crippen LogP contribution in [0.25, 0.3) is 22.6 Å². The molecule has 1 aromatic carbocycles. The molecule has 3 N–H and O–H groups in total. The highest BCUT2D eigenvalue weighted by molar-refractivity contribution is 5.74. The van der Waals surface area contributed by atoms with Gasteiger partial charge in [0.2, 0.25) is 0 Å². The van der Waals surface area contributed by atoms with Crippen LogP contribution in [0, 0.1) is 20.8 Å². The standard InChI is InChI=1S/C26H35N5O4/c1-15-23(22-16(2)31-35-17(22)3)29-25(30-24(15)28-19-11-26(4,12-19)33-6)18-8-7-9-21(10-18)34-14-20(32)13-27-5/h7-10,19-20,27,32H,11-14H2,1-6H3,(H,28,29,30)/t19-,20?,26+. The zero-order valence-corrected chi connectivity index (χ0v) is 21.3. The van der Waals surface area contributed by atoms with Crippen molar-refractivity contribution in [3.05, 3.63) is 41.3 Å². The lowest BCUT2D eigenvalue weighted by Gasteiger charge is -2.44. The van der Waals surface area contributed by atoms with Gasteiger partial charge in [-0.2, -0.15) is 0 Å². The minimum Gasteiger partial charge on any atom is -0.491 e. The van der Waals surface area contributed by atoms with Crippen LogP contribution in [0.4, 0.5) is 5.82 Å². The van der Waals surface area contributed by atoms with Crippen molar-refractivity contribution < 1.29 is 19.1 Å². The third-order valence-corrected chi connectivity index (χ3v) is 6.58. The van der Waals surface area contributed by atoms with Gasteiger partial charge in [-0.1, -0.05) is 17.3 Å². The van der Waals surface area contributed by atoms with Crippen LogP contribution in [0.3, 0.4) is 0 Å². The van der Waals surface area contributed by atoms with Crippen molar-refractivity contribution in [3.8, 4) is 28.4 Å². The van der Waals surface area contributed by atoms with Crippen LogP contribution in [-0.2, 0) is 4.74 Å².